The van der Waals surface area contributed by atoms with Crippen LogP contribution in [0.5, 0.6) is 0 Å². The zero-order valence-electron chi connectivity index (χ0n) is 21.8. The highest BCUT2D eigenvalue weighted by Gasteiger charge is 2.51. The first-order valence-corrected chi connectivity index (χ1v) is 14.0. The Morgan fingerprint density at radius 2 is 1.73 bits per heavy atom. The molecule has 1 heterocycles. The number of nitrogens with one attached hydrogen (secondary N) is 1. The summed E-state index contributed by atoms with van der Waals surface area (Å²) in [6.45, 7) is 6.15. The summed E-state index contributed by atoms with van der Waals surface area (Å²) in [6.07, 6.45) is -5.50. The van der Waals surface area contributed by atoms with Crippen LogP contribution >= 0.6 is 19.8 Å². The van der Waals surface area contributed by atoms with Crippen LogP contribution in [-0.2, 0) is 29.4 Å². The van der Waals surface area contributed by atoms with E-state index >= 15 is 4.39 Å². The average Bonchev–Trinajstić information content (AvgIpc) is 3.02. The second-order valence-corrected chi connectivity index (χ2v) is 11.4. The lowest BCUT2D eigenvalue weighted by Gasteiger charge is -2.29. The van der Waals surface area contributed by atoms with Gasteiger partial charge < -0.3 is 19.3 Å². The Bertz CT molecular complexity index is 1430. The highest BCUT2D eigenvalue weighted by atomic mass is 32.1. The van der Waals surface area contributed by atoms with Crippen molar-refractivity contribution < 1.29 is 40.8 Å². The lowest BCUT2D eigenvalue weighted by molar-refractivity contribution is -0.137. The van der Waals surface area contributed by atoms with E-state index in [2.05, 4.69) is 5.32 Å². The summed E-state index contributed by atoms with van der Waals surface area (Å²) >= 11 is 5.44. The van der Waals surface area contributed by atoms with Crippen LogP contribution in [0, 0.1) is 17.1 Å². The Morgan fingerprint density at radius 1 is 1.12 bits per heavy atom. The molecule has 0 radical (unpaired) electrons. The molecule has 0 saturated carbocycles. The van der Waals surface area contributed by atoms with Gasteiger partial charge in [0.2, 0.25) is 5.91 Å². The molecule has 0 unspecified atom stereocenters. The lowest BCUT2D eigenvalue weighted by atomic mass is 10.0. The summed E-state index contributed by atoms with van der Waals surface area (Å²) in [5.41, 5.74) is -3.69. The molecule has 0 bridgehead atoms. The molecule has 15 heteroatoms. The van der Waals surface area contributed by atoms with Crippen molar-refractivity contribution in [3.8, 4) is 6.07 Å². The number of amides is 2. The number of hydrogen-bond acceptors (Lipinski definition) is 7. The zero-order valence-corrected chi connectivity index (χ0v) is 23.5. The van der Waals surface area contributed by atoms with Gasteiger partial charge in [-0.25, -0.2) is 4.39 Å². The van der Waals surface area contributed by atoms with Gasteiger partial charge in [-0.2, -0.15) is 18.4 Å². The number of nitriles is 1. The summed E-state index contributed by atoms with van der Waals surface area (Å²) in [7, 11) is -3.73. The fourth-order valence-electron chi connectivity index (χ4n) is 4.09. The Balaban J connectivity index is 1.91. The number of carbonyl (C=O) groups is 2. The van der Waals surface area contributed by atoms with Gasteiger partial charge in [-0.3, -0.25) is 19.1 Å². The molecule has 2 aromatic carbocycles. The molecular formula is C25H25F4N4O5PS. The van der Waals surface area contributed by atoms with E-state index in [1.54, 1.807) is 13.8 Å². The summed E-state index contributed by atoms with van der Waals surface area (Å²) in [5, 5.41) is 11.1. The predicted molar refractivity (Wildman–Crippen MR) is 144 cm³/mol. The minimum Gasteiger partial charge on any atom is -0.323 e. The van der Waals surface area contributed by atoms with Gasteiger partial charge in [0, 0.05) is 5.69 Å². The summed E-state index contributed by atoms with van der Waals surface area (Å²) in [4.78, 5) is 27.9. The highest BCUT2D eigenvalue weighted by Crippen LogP contribution is 2.48. The zero-order chi connectivity index (χ0) is 30.0. The highest BCUT2D eigenvalue weighted by molar-refractivity contribution is 7.81. The van der Waals surface area contributed by atoms with Gasteiger partial charge in [0.05, 0.1) is 41.8 Å². The Labute approximate surface area is 233 Å². The van der Waals surface area contributed by atoms with Gasteiger partial charge in [-0.1, -0.05) is 0 Å². The van der Waals surface area contributed by atoms with E-state index in [1.165, 1.54) is 43.0 Å². The van der Waals surface area contributed by atoms with Crippen molar-refractivity contribution in [2.45, 2.75) is 39.4 Å². The van der Waals surface area contributed by atoms with Crippen molar-refractivity contribution in [3.63, 3.8) is 0 Å². The Kier molecular flexibility index (Phi) is 9.06. The number of benzene rings is 2. The summed E-state index contributed by atoms with van der Waals surface area (Å²) in [5.74, 6) is -2.43. The standard InChI is InChI=1S/C25H25F4N4O5PS/c1-5-37-39(36,38-6-2)14-21(34)31-20-10-9-17(12-19(20)26)33-23(40)32(22(35)24(33,3)4)16-8-7-15(13-30)18(11-16)25(27,28)29/h7-12H,5-6,14H2,1-4H3,(H,31,34). The molecule has 0 aromatic heterocycles. The molecule has 0 spiro atoms. The second-order valence-electron chi connectivity index (χ2n) is 8.97. The maximum absolute atomic E-state index is 15.1. The van der Waals surface area contributed by atoms with E-state index in [0.717, 1.165) is 17.0 Å². The maximum Gasteiger partial charge on any atom is 0.417 e. The third kappa shape index (κ3) is 6.18. The van der Waals surface area contributed by atoms with E-state index in [9.17, 15) is 27.3 Å². The van der Waals surface area contributed by atoms with E-state index in [1.807, 2.05) is 0 Å². The van der Waals surface area contributed by atoms with Crippen LogP contribution in [-0.4, -0.2) is 41.8 Å². The quantitative estimate of drug-likeness (QED) is 0.217. The second kappa shape index (κ2) is 11.6. The average molecular weight is 601 g/mol. The maximum atomic E-state index is 15.1. The first kappa shape index (κ1) is 31.2. The molecule has 1 N–H and O–H groups in total. The summed E-state index contributed by atoms with van der Waals surface area (Å²) < 4.78 is 78.4. The molecule has 1 aliphatic rings. The lowest BCUT2D eigenvalue weighted by Crippen LogP contribution is -2.44. The van der Waals surface area contributed by atoms with Gasteiger partial charge in [0.25, 0.3) is 5.91 Å². The van der Waals surface area contributed by atoms with Crippen molar-refractivity contribution >= 4 is 53.8 Å². The molecule has 9 nitrogen and oxygen atoms in total. The van der Waals surface area contributed by atoms with Crippen molar-refractivity contribution in [3.05, 3.63) is 53.3 Å². The third-order valence-electron chi connectivity index (χ3n) is 5.83. The van der Waals surface area contributed by atoms with Crippen LogP contribution in [0.4, 0.5) is 34.6 Å². The van der Waals surface area contributed by atoms with Crippen LogP contribution in [0.15, 0.2) is 36.4 Å². The van der Waals surface area contributed by atoms with Crippen LogP contribution in [0.2, 0.25) is 0 Å². The smallest absolute Gasteiger partial charge is 0.323 e. The minimum absolute atomic E-state index is 0.0366. The Hall–Kier alpha value is -3.37. The molecule has 2 aromatic rings. The molecule has 0 atom stereocenters. The number of rotatable bonds is 9. The van der Waals surface area contributed by atoms with Crippen LogP contribution in [0.3, 0.4) is 0 Å². The molecule has 2 amide bonds. The number of thiocarbonyl (C=S) groups is 1. The molecular weight excluding hydrogens is 575 g/mol. The topological polar surface area (TPSA) is 112 Å². The third-order valence-corrected chi connectivity index (χ3v) is 8.17. The number of alkyl halides is 3. The molecule has 214 valence electrons. The predicted octanol–water partition coefficient (Wildman–Crippen LogP) is 5.84. The van der Waals surface area contributed by atoms with Gasteiger partial charge in [-0.05, 0) is 76.3 Å². The van der Waals surface area contributed by atoms with Gasteiger partial charge in [0.15, 0.2) is 5.11 Å². The van der Waals surface area contributed by atoms with E-state index in [4.69, 9.17) is 26.5 Å². The number of nitrogens with zero attached hydrogens (tertiary/aromatic N) is 3. The number of carbonyl (C=O) groups excluding carboxylic acids is 2. The van der Waals surface area contributed by atoms with E-state index in [0.29, 0.717) is 6.07 Å². The van der Waals surface area contributed by atoms with E-state index in [-0.39, 0.29) is 35.4 Å². The van der Waals surface area contributed by atoms with Gasteiger partial charge in [-0.15, -0.1) is 0 Å². The largest absolute Gasteiger partial charge is 0.417 e. The van der Waals surface area contributed by atoms with Gasteiger partial charge >= 0.3 is 13.8 Å². The molecule has 3 rings (SSSR count). The first-order valence-electron chi connectivity index (χ1n) is 11.9. The molecule has 1 aliphatic heterocycles. The molecule has 40 heavy (non-hydrogen) atoms. The van der Waals surface area contributed by atoms with Gasteiger partial charge in [0.1, 0.15) is 17.5 Å². The number of anilines is 3. The SMILES string of the molecule is CCOP(=O)(CC(=O)Nc1ccc(N2C(=S)N(c3ccc(C#N)c(C(F)(F)F)c3)C(=O)C2(C)C)cc1F)OCC. The molecule has 0 aliphatic carbocycles. The van der Waals surface area contributed by atoms with Crippen molar-refractivity contribution in [1.82, 2.24) is 0 Å². The molecule has 1 fully saturated rings. The fraction of sp³-hybridized carbons (Fsp3) is 0.360. The van der Waals surface area contributed by atoms with Crippen LogP contribution in [0.25, 0.3) is 0 Å². The van der Waals surface area contributed by atoms with Crippen LogP contribution in [0.1, 0.15) is 38.8 Å². The monoisotopic (exact) mass is 600 g/mol. The number of halogens is 4. The minimum atomic E-state index is -4.86. The summed E-state index contributed by atoms with van der Waals surface area (Å²) in [6, 6.07) is 7.79. The number of hydrogen-bond donors (Lipinski definition) is 1. The normalized spacial score (nSPS) is 15.4. The Morgan fingerprint density at radius 3 is 2.25 bits per heavy atom. The fourth-order valence-corrected chi connectivity index (χ4v) is 6.09. The first-order chi connectivity index (χ1) is 18.6. The molecule has 1 saturated heterocycles. The van der Waals surface area contributed by atoms with Crippen LogP contribution < -0.4 is 15.1 Å². The van der Waals surface area contributed by atoms with E-state index < -0.39 is 54.2 Å². The van der Waals surface area contributed by atoms with Crippen molar-refractivity contribution in [1.29, 1.82) is 5.26 Å². The van der Waals surface area contributed by atoms with Crippen molar-refractivity contribution in [2.24, 2.45) is 0 Å². The van der Waals surface area contributed by atoms with Crippen molar-refractivity contribution in [2.75, 3.05) is 34.5 Å².